The van der Waals surface area contributed by atoms with Crippen molar-refractivity contribution < 1.29 is 9.47 Å². The highest BCUT2D eigenvalue weighted by molar-refractivity contribution is 9.10. The average molecular weight is 348 g/mol. The Morgan fingerprint density at radius 2 is 1.95 bits per heavy atom. The van der Waals surface area contributed by atoms with Crippen molar-refractivity contribution in [3.8, 4) is 11.5 Å². The van der Waals surface area contributed by atoms with Gasteiger partial charge in [-0.15, -0.1) is 0 Å². The fourth-order valence-electron chi connectivity index (χ4n) is 2.69. The molecule has 0 saturated carbocycles. The van der Waals surface area contributed by atoms with E-state index in [1.54, 1.807) is 7.11 Å². The lowest BCUT2D eigenvalue weighted by Gasteiger charge is -2.31. The quantitative estimate of drug-likeness (QED) is 0.881. The van der Waals surface area contributed by atoms with E-state index in [1.807, 2.05) is 18.2 Å². The van der Waals surface area contributed by atoms with Gasteiger partial charge in [0.15, 0.2) is 0 Å². The van der Waals surface area contributed by atoms with Gasteiger partial charge in [0, 0.05) is 34.1 Å². The average Bonchev–Trinajstić information content (AvgIpc) is 2.46. The molecule has 0 saturated heterocycles. The molecule has 2 N–H and O–H groups in total. The maximum atomic E-state index is 6.31. The largest absolute Gasteiger partial charge is 0.497 e. The van der Waals surface area contributed by atoms with E-state index in [-0.39, 0.29) is 12.1 Å². The Morgan fingerprint density at radius 1 is 1.19 bits per heavy atom. The summed E-state index contributed by atoms with van der Waals surface area (Å²) in [5.74, 6) is 1.59. The number of ether oxygens (including phenoxy) is 2. The fourth-order valence-corrected chi connectivity index (χ4v) is 3.44. The van der Waals surface area contributed by atoms with Crippen LogP contribution in [0.1, 0.15) is 35.3 Å². The van der Waals surface area contributed by atoms with Crippen molar-refractivity contribution in [2.75, 3.05) is 7.11 Å². The summed E-state index contributed by atoms with van der Waals surface area (Å²) < 4.78 is 12.5. The molecule has 2 atom stereocenters. The van der Waals surface area contributed by atoms with E-state index < -0.39 is 0 Å². The topological polar surface area (TPSA) is 44.5 Å². The van der Waals surface area contributed by atoms with Crippen LogP contribution in [0.5, 0.6) is 11.5 Å². The number of benzene rings is 2. The van der Waals surface area contributed by atoms with E-state index in [0.29, 0.717) is 0 Å². The summed E-state index contributed by atoms with van der Waals surface area (Å²) in [5, 5.41) is 0. The Balaban J connectivity index is 1.96. The summed E-state index contributed by atoms with van der Waals surface area (Å²) in [6, 6.07) is 12.1. The van der Waals surface area contributed by atoms with Gasteiger partial charge in [-0.25, -0.2) is 0 Å². The number of hydrogen-bond donors (Lipinski definition) is 1. The number of methoxy groups -OCH3 is 1. The van der Waals surface area contributed by atoms with Crippen LogP contribution >= 0.6 is 15.9 Å². The molecule has 110 valence electrons. The zero-order valence-electron chi connectivity index (χ0n) is 12.1. The van der Waals surface area contributed by atoms with E-state index in [0.717, 1.165) is 33.5 Å². The lowest BCUT2D eigenvalue weighted by molar-refractivity contribution is 0.160. The van der Waals surface area contributed by atoms with Crippen molar-refractivity contribution in [1.82, 2.24) is 0 Å². The highest BCUT2D eigenvalue weighted by Crippen LogP contribution is 2.42. The Labute approximate surface area is 133 Å². The Kier molecular flexibility index (Phi) is 3.91. The predicted molar refractivity (Wildman–Crippen MR) is 86.8 cm³/mol. The van der Waals surface area contributed by atoms with Gasteiger partial charge in [-0.3, -0.25) is 0 Å². The molecule has 1 heterocycles. The van der Waals surface area contributed by atoms with Gasteiger partial charge in [0.2, 0.25) is 0 Å². The van der Waals surface area contributed by atoms with E-state index in [2.05, 4.69) is 41.1 Å². The van der Waals surface area contributed by atoms with E-state index in [1.165, 1.54) is 5.56 Å². The number of halogens is 1. The Hall–Kier alpha value is -1.52. The first-order valence-corrected chi connectivity index (χ1v) is 7.74. The van der Waals surface area contributed by atoms with Crippen LogP contribution in [0, 0.1) is 6.92 Å². The summed E-state index contributed by atoms with van der Waals surface area (Å²) in [4.78, 5) is 0. The van der Waals surface area contributed by atoms with Gasteiger partial charge < -0.3 is 15.2 Å². The van der Waals surface area contributed by atoms with Crippen molar-refractivity contribution in [2.45, 2.75) is 25.5 Å². The third kappa shape index (κ3) is 2.78. The molecule has 1 aliphatic heterocycles. The maximum absolute atomic E-state index is 6.31. The molecular formula is C17H18BrNO2. The van der Waals surface area contributed by atoms with Gasteiger partial charge >= 0.3 is 0 Å². The summed E-state index contributed by atoms with van der Waals surface area (Å²) in [6.07, 6.45) is 0.718. The molecule has 1 unspecified atom stereocenters. The molecule has 1 aliphatic rings. The molecule has 0 bridgehead atoms. The highest BCUT2D eigenvalue weighted by Gasteiger charge is 2.28. The molecule has 0 aromatic heterocycles. The van der Waals surface area contributed by atoms with Crippen LogP contribution in [-0.4, -0.2) is 7.11 Å². The predicted octanol–water partition coefficient (Wildman–Crippen LogP) is 4.29. The van der Waals surface area contributed by atoms with Crippen LogP contribution in [0.15, 0.2) is 40.9 Å². The first kappa shape index (κ1) is 14.4. The molecule has 3 rings (SSSR count). The number of rotatable bonds is 2. The monoisotopic (exact) mass is 347 g/mol. The lowest BCUT2D eigenvalue weighted by Crippen LogP contribution is -2.24. The number of fused-ring (bicyclic) bond motifs is 1. The first-order chi connectivity index (χ1) is 10.1. The number of nitrogens with two attached hydrogens (primary N) is 1. The summed E-state index contributed by atoms with van der Waals surface area (Å²) in [7, 11) is 1.65. The van der Waals surface area contributed by atoms with Crippen molar-refractivity contribution in [1.29, 1.82) is 0 Å². The lowest BCUT2D eigenvalue weighted by atomic mass is 9.93. The zero-order valence-corrected chi connectivity index (χ0v) is 13.7. The standard InChI is InChI=1S/C17H18BrNO2/c1-10-3-5-12(14(18)7-10)17-9-15(19)13-6-4-11(20-2)8-16(13)21-17/h3-8,15,17H,9,19H2,1-2H3/t15-,17?/m1/s1. The summed E-state index contributed by atoms with van der Waals surface area (Å²) in [5.41, 5.74) is 9.69. The number of hydrogen-bond acceptors (Lipinski definition) is 3. The van der Waals surface area contributed by atoms with Crippen molar-refractivity contribution in [2.24, 2.45) is 5.73 Å². The summed E-state index contributed by atoms with van der Waals surface area (Å²) >= 11 is 3.63. The molecule has 0 fully saturated rings. The van der Waals surface area contributed by atoms with Crippen LogP contribution in [0.3, 0.4) is 0 Å². The van der Waals surface area contributed by atoms with Gasteiger partial charge in [0.05, 0.1) is 7.11 Å². The second-order valence-electron chi connectivity index (χ2n) is 5.38. The molecule has 21 heavy (non-hydrogen) atoms. The van der Waals surface area contributed by atoms with E-state index in [9.17, 15) is 0 Å². The molecule has 0 amide bonds. The SMILES string of the molecule is COc1ccc2c(c1)OC(c1ccc(C)cc1Br)C[C@H]2N. The van der Waals surface area contributed by atoms with Crippen LogP contribution in [0.4, 0.5) is 0 Å². The second-order valence-corrected chi connectivity index (χ2v) is 6.23. The second kappa shape index (κ2) is 5.70. The zero-order chi connectivity index (χ0) is 15.0. The van der Waals surface area contributed by atoms with Gasteiger partial charge in [-0.2, -0.15) is 0 Å². The van der Waals surface area contributed by atoms with Gasteiger partial charge in [-0.1, -0.05) is 34.1 Å². The van der Waals surface area contributed by atoms with Crippen LogP contribution < -0.4 is 15.2 Å². The minimum atomic E-state index is -0.0467. The van der Waals surface area contributed by atoms with Crippen LogP contribution in [-0.2, 0) is 0 Å². The molecular weight excluding hydrogens is 330 g/mol. The summed E-state index contributed by atoms with van der Waals surface area (Å²) in [6.45, 7) is 2.07. The molecule has 2 aromatic rings. The van der Waals surface area contributed by atoms with Crippen molar-refractivity contribution >= 4 is 15.9 Å². The Bertz CT molecular complexity index is 672. The minimum Gasteiger partial charge on any atom is -0.497 e. The third-order valence-corrected chi connectivity index (χ3v) is 4.55. The van der Waals surface area contributed by atoms with Gasteiger partial charge in [0.25, 0.3) is 0 Å². The fraction of sp³-hybridized carbons (Fsp3) is 0.294. The van der Waals surface area contributed by atoms with Gasteiger partial charge in [0.1, 0.15) is 17.6 Å². The molecule has 0 aliphatic carbocycles. The molecule has 2 aromatic carbocycles. The van der Waals surface area contributed by atoms with E-state index >= 15 is 0 Å². The molecule has 0 radical (unpaired) electrons. The van der Waals surface area contributed by atoms with E-state index in [4.69, 9.17) is 15.2 Å². The third-order valence-electron chi connectivity index (χ3n) is 3.86. The Morgan fingerprint density at radius 3 is 2.67 bits per heavy atom. The molecule has 0 spiro atoms. The normalized spacial score (nSPS) is 20.6. The van der Waals surface area contributed by atoms with Crippen molar-refractivity contribution in [3.05, 3.63) is 57.6 Å². The first-order valence-electron chi connectivity index (χ1n) is 6.94. The minimum absolute atomic E-state index is 0.0298. The smallest absolute Gasteiger partial charge is 0.128 e. The molecule has 3 nitrogen and oxygen atoms in total. The number of aryl methyl sites for hydroxylation is 1. The molecule has 4 heteroatoms. The van der Waals surface area contributed by atoms with Crippen LogP contribution in [0.2, 0.25) is 0 Å². The van der Waals surface area contributed by atoms with Gasteiger partial charge in [-0.05, 0) is 24.6 Å². The maximum Gasteiger partial charge on any atom is 0.128 e. The highest BCUT2D eigenvalue weighted by atomic mass is 79.9. The van der Waals surface area contributed by atoms with Crippen LogP contribution in [0.25, 0.3) is 0 Å². The van der Waals surface area contributed by atoms with Crippen molar-refractivity contribution in [3.63, 3.8) is 0 Å².